The lowest BCUT2D eigenvalue weighted by molar-refractivity contribution is 0.132. The van der Waals surface area contributed by atoms with Crippen LogP contribution in [0.15, 0.2) is 0 Å². The summed E-state index contributed by atoms with van der Waals surface area (Å²) in [5.41, 5.74) is 0. The van der Waals surface area contributed by atoms with Gasteiger partial charge in [-0.15, -0.1) is 0 Å². The molecule has 110 valence electrons. The molecule has 0 bridgehead atoms. The summed E-state index contributed by atoms with van der Waals surface area (Å²) >= 11 is 0. The lowest BCUT2D eigenvalue weighted by atomic mass is 9.89. The third-order valence-corrected chi connectivity index (χ3v) is 4.01. The quantitative estimate of drug-likeness (QED) is 0.732. The Morgan fingerprint density at radius 2 is 1.95 bits per heavy atom. The van der Waals surface area contributed by atoms with E-state index < -0.39 is 0 Å². The molecular formula is C16H31N3. The molecule has 0 heterocycles. The standard InChI is InChI=1S/C16H31N3/c1-4-11-18-15-6-8-16(9-7-15)19(12-5-10-17)13-14(2)3/h14-16,18H,4-9,11-13H2,1-3H3. The van der Waals surface area contributed by atoms with E-state index in [0.29, 0.717) is 18.4 Å². The van der Waals surface area contributed by atoms with Gasteiger partial charge in [0.25, 0.3) is 0 Å². The topological polar surface area (TPSA) is 39.1 Å². The lowest BCUT2D eigenvalue weighted by Gasteiger charge is -2.37. The molecule has 1 saturated carbocycles. The summed E-state index contributed by atoms with van der Waals surface area (Å²) < 4.78 is 0. The van der Waals surface area contributed by atoms with Gasteiger partial charge in [0, 0.05) is 31.6 Å². The molecule has 0 spiro atoms. The van der Waals surface area contributed by atoms with E-state index in [4.69, 9.17) is 5.26 Å². The molecule has 3 heteroatoms. The Bertz CT molecular complexity index is 262. The van der Waals surface area contributed by atoms with Crippen LogP contribution < -0.4 is 5.32 Å². The Balaban J connectivity index is 2.38. The fourth-order valence-corrected chi connectivity index (χ4v) is 3.08. The monoisotopic (exact) mass is 265 g/mol. The van der Waals surface area contributed by atoms with Crippen LogP contribution in [-0.2, 0) is 0 Å². The summed E-state index contributed by atoms with van der Waals surface area (Å²) in [6.07, 6.45) is 7.07. The predicted octanol–water partition coefficient (Wildman–Crippen LogP) is 3.17. The van der Waals surface area contributed by atoms with Gasteiger partial charge in [-0.2, -0.15) is 5.26 Å². The zero-order chi connectivity index (χ0) is 14.1. The van der Waals surface area contributed by atoms with Gasteiger partial charge < -0.3 is 5.32 Å². The van der Waals surface area contributed by atoms with Crippen LogP contribution in [0.1, 0.15) is 59.3 Å². The van der Waals surface area contributed by atoms with Crippen molar-refractivity contribution < 1.29 is 0 Å². The Hall–Kier alpha value is -0.590. The fraction of sp³-hybridized carbons (Fsp3) is 0.938. The van der Waals surface area contributed by atoms with Gasteiger partial charge in [-0.1, -0.05) is 20.8 Å². The zero-order valence-corrected chi connectivity index (χ0v) is 13.0. The van der Waals surface area contributed by atoms with Gasteiger partial charge in [-0.3, -0.25) is 4.90 Å². The van der Waals surface area contributed by atoms with Gasteiger partial charge in [0.15, 0.2) is 0 Å². The Morgan fingerprint density at radius 1 is 1.26 bits per heavy atom. The Morgan fingerprint density at radius 3 is 2.47 bits per heavy atom. The molecule has 1 N–H and O–H groups in total. The fourth-order valence-electron chi connectivity index (χ4n) is 3.08. The molecule has 0 saturated heterocycles. The van der Waals surface area contributed by atoms with Crippen molar-refractivity contribution in [1.29, 1.82) is 5.26 Å². The molecule has 1 aliphatic rings. The molecular weight excluding hydrogens is 234 g/mol. The summed E-state index contributed by atoms with van der Waals surface area (Å²) in [7, 11) is 0. The van der Waals surface area contributed by atoms with E-state index >= 15 is 0 Å². The predicted molar refractivity (Wildman–Crippen MR) is 81.0 cm³/mol. The van der Waals surface area contributed by atoms with Gasteiger partial charge >= 0.3 is 0 Å². The van der Waals surface area contributed by atoms with Crippen LogP contribution in [0.25, 0.3) is 0 Å². The largest absolute Gasteiger partial charge is 0.314 e. The first-order valence-corrected chi connectivity index (χ1v) is 8.01. The van der Waals surface area contributed by atoms with E-state index in [-0.39, 0.29) is 0 Å². The molecule has 0 amide bonds. The normalized spacial score (nSPS) is 23.8. The summed E-state index contributed by atoms with van der Waals surface area (Å²) in [6, 6.07) is 3.73. The highest BCUT2D eigenvalue weighted by Gasteiger charge is 2.25. The number of hydrogen-bond acceptors (Lipinski definition) is 3. The summed E-state index contributed by atoms with van der Waals surface area (Å²) in [4.78, 5) is 2.56. The average molecular weight is 265 g/mol. The van der Waals surface area contributed by atoms with Crippen molar-refractivity contribution in [2.75, 3.05) is 19.6 Å². The maximum Gasteiger partial charge on any atom is 0.0635 e. The van der Waals surface area contributed by atoms with Crippen LogP contribution in [0, 0.1) is 17.2 Å². The molecule has 0 aromatic rings. The molecule has 1 rings (SSSR count). The number of nitrogens with zero attached hydrogens (tertiary/aromatic N) is 2. The van der Waals surface area contributed by atoms with Crippen LogP contribution in [0.5, 0.6) is 0 Å². The van der Waals surface area contributed by atoms with Gasteiger partial charge in [0.1, 0.15) is 0 Å². The van der Waals surface area contributed by atoms with Gasteiger partial charge in [0.2, 0.25) is 0 Å². The molecule has 19 heavy (non-hydrogen) atoms. The molecule has 0 atom stereocenters. The summed E-state index contributed by atoms with van der Waals surface area (Å²) in [5, 5.41) is 12.4. The minimum absolute atomic E-state index is 0.667. The molecule has 3 nitrogen and oxygen atoms in total. The SMILES string of the molecule is CCCNC1CCC(N(CCC#N)CC(C)C)CC1. The second kappa shape index (κ2) is 9.34. The zero-order valence-electron chi connectivity index (χ0n) is 13.0. The highest BCUT2D eigenvalue weighted by atomic mass is 15.2. The van der Waals surface area contributed by atoms with Crippen LogP contribution in [-0.4, -0.2) is 36.6 Å². The van der Waals surface area contributed by atoms with Crippen molar-refractivity contribution in [2.24, 2.45) is 5.92 Å². The first kappa shape index (κ1) is 16.5. The van der Waals surface area contributed by atoms with E-state index in [2.05, 4.69) is 37.1 Å². The van der Waals surface area contributed by atoms with Gasteiger partial charge in [0.05, 0.1) is 6.07 Å². The first-order valence-electron chi connectivity index (χ1n) is 8.01. The first-order chi connectivity index (χ1) is 9.17. The second-order valence-electron chi connectivity index (χ2n) is 6.26. The third-order valence-electron chi connectivity index (χ3n) is 4.01. The molecule has 0 aliphatic heterocycles. The van der Waals surface area contributed by atoms with Crippen molar-refractivity contribution in [1.82, 2.24) is 10.2 Å². The number of nitrogens with one attached hydrogen (secondary N) is 1. The summed E-state index contributed by atoms with van der Waals surface area (Å²) in [5.74, 6) is 0.689. The smallest absolute Gasteiger partial charge is 0.0635 e. The maximum atomic E-state index is 8.80. The minimum atomic E-state index is 0.667. The van der Waals surface area contributed by atoms with Crippen molar-refractivity contribution in [3.05, 3.63) is 0 Å². The van der Waals surface area contributed by atoms with Gasteiger partial charge in [-0.05, 0) is 44.6 Å². The second-order valence-corrected chi connectivity index (χ2v) is 6.26. The number of hydrogen-bond donors (Lipinski definition) is 1. The molecule has 0 aromatic heterocycles. The number of rotatable bonds is 8. The lowest BCUT2D eigenvalue weighted by Crippen LogP contribution is -2.44. The van der Waals surface area contributed by atoms with Crippen LogP contribution in [0.3, 0.4) is 0 Å². The van der Waals surface area contributed by atoms with Crippen molar-refractivity contribution in [3.8, 4) is 6.07 Å². The minimum Gasteiger partial charge on any atom is -0.314 e. The average Bonchev–Trinajstić information content (AvgIpc) is 2.41. The van der Waals surface area contributed by atoms with Crippen LogP contribution in [0.2, 0.25) is 0 Å². The van der Waals surface area contributed by atoms with Crippen molar-refractivity contribution >= 4 is 0 Å². The Kier molecular flexibility index (Phi) is 8.09. The third kappa shape index (κ3) is 6.40. The molecule has 1 aliphatic carbocycles. The van der Waals surface area contributed by atoms with Crippen molar-refractivity contribution in [2.45, 2.75) is 71.4 Å². The molecule has 0 unspecified atom stereocenters. The van der Waals surface area contributed by atoms with E-state index in [0.717, 1.165) is 25.7 Å². The maximum absolute atomic E-state index is 8.80. The van der Waals surface area contributed by atoms with E-state index in [1.54, 1.807) is 0 Å². The Labute approximate surface area is 119 Å². The van der Waals surface area contributed by atoms with E-state index in [1.807, 2.05) is 0 Å². The van der Waals surface area contributed by atoms with Crippen molar-refractivity contribution in [3.63, 3.8) is 0 Å². The number of nitriles is 1. The van der Waals surface area contributed by atoms with Gasteiger partial charge in [-0.25, -0.2) is 0 Å². The highest BCUT2D eigenvalue weighted by molar-refractivity contribution is 4.84. The van der Waals surface area contributed by atoms with Crippen LogP contribution in [0.4, 0.5) is 0 Å². The van der Waals surface area contributed by atoms with E-state index in [9.17, 15) is 0 Å². The van der Waals surface area contributed by atoms with Crippen LogP contribution >= 0.6 is 0 Å². The van der Waals surface area contributed by atoms with E-state index in [1.165, 1.54) is 32.1 Å². The summed E-state index contributed by atoms with van der Waals surface area (Å²) in [6.45, 7) is 10.0. The molecule has 1 fully saturated rings. The highest BCUT2D eigenvalue weighted by Crippen LogP contribution is 2.24. The molecule has 0 aromatic carbocycles. The molecule has 0 radical (unpaired) electrons.